The number of aromatic nitrogens is 1. The van der Waals surface area contributed by atoms with Crippen molar-refractivity contribution in [2.75, 3.05) is 19.7 Å². The normalized spacial score (nSPS) is 13.7. The van der Waals surface area contributed by atoms with Crippen molar-refractivity contribution in [3.63, 3.8) is 0 Å². The Labute approximate surface area is 188 Å². The second-order valence-electron chi connectivity index (χ2n) is 8.64. The molecule has 1 saturated heterocycles. The van der Waals surface area contributed by atoms with Gasteiger partial charge in [-0.15, -0.1) is 0 Å². The Balaban J connectivity index is 1.50. The van der Waals surface area contributed by atoms with E-state index >= 15 is 0 Å². The monoisotopic (exact) mass is 432 g/mol. The van der Waals surface area contributed by atoms with E-state index in [0.29, 0.717) is 26.2 Å². The fraction of sp³-hybridized carbons (Fsp3) is 0.720. The van der Waals surface area contributed by atoms with Gasteiger partial charge in [-0.05, 0) is 18.9 Å². The summed E-state index contributed by atoms with van der Waals surface area (Å²) in [7, 11) is 0. The first-order chi connectivity index (χ1) is 15.2. The SMILES string of the molecule is CCCCCCCCCCCCOC[n+]1cccc(CNC(=O)CN2CCCC2=O)c1. The van der Waals surface area contributed by atoms with Crippen LogP contribution in [0.15, 0.2) is 24.5 Å². The predicted molar refractivity (Wildman–Crippen MR) is 122 cm³/mol. The van der Waals surface area contributed by atoms with E-state index in [2.05, 4.69) is 12.2 Å². The molecule has 0 atom stereocenters. The Hall–Kier alpha value is -1.95. The molecule has 0 unspecified atom stereocenters. The van der Waals surface area contributed by atoms with Crippen LogP contribution >= 0.6 is 0 Å². The molecule has 0 radical (unpaired) electrons. The number of pyridine rings is 1. The molecule has 0 aliphatic carbocycles. The highest BCUT2D eigenvalue weighted by atomic mass is 16.5. The molecule has 0 saturated carbocycles. The summed E-state index contributed by atoms with van der Waals surface area (Å²) in [5.41, 5.74) is 1.02. The minimum atomic E-state index is -0.108. The molecule has 31 heavy (non-hydrogen) atoms. The maximum atomic E-state index is 12.1. The van der Waals surface area contributed by atoms with Crippen LogP contribution in [0.3, 0.4) is 0 Å². The molecule has 1 aliphatic rings. The van der Waals surface area contributed by atoms with Crippen molar-refractivity contribution in [1.82, 2.24) is 10.2 Å². The number of hydrogen-bond acceptors (Lipinski definition) is 3. The molecule has 1 fully saturated rings. The topological polar surface area (TPSA) is 62.5 Å². The van der Waals surface area contributed by atoms with Crippen LogP contribution in [-0.4, -0.2) is 36.4 Å². The molecule has 2 heterocycles. The van der Waals surface area contributed by atoms with Crippen molar-refractivity contribution >= 4 is 11.8 Å². The Kier molecular flexibility index (Phi) is 12.9. The van der Waals surface area contributed by atoms with Gasteiger partial charge in [-0.25, -0.2) is 0 Å². The average molecular weight is 433 g/mol. The van der Waals surface area contributed by atoms with E-state index in [0.717, 1.165) is 25.0 Å². The van der Waals surface area contributed by atoms with Gasteiger partial charge in [0.05, 0.1) is 13.2 Å². The molecular formula is C25H42N3O3+. The molecular weight excluding hydrogens is 390 g/mol. The van der Waals surface area contributed by atoms with Gasteiger partial charge >= 0.3 is 0 Å². The van der Waals surface area contributed by atoms with Crippen LogP contribution < -0.4 is 9.88 Å². The molecule has 1 aromatic heterocycles. The fourth-order valence-electron chi connectivity index (χ4n) is 3.92. The zero-order valence-corrected chi connectivity index (χ0v) is 19.4. The predicted octanol–water partition coefficient (Wildman–Crippen LogP) is 4.11. The van der Waals surface area contributed by atoms with Crippen molar-refractivity contribution in [3.8, 4) is 0 Å². The summed E-state index contributed by atoms with van der Waals surface area (Å²) in [4.78, 5) is 25.3. The highest BCUT2D eigenvalue weighted by Crippen LogP contribution is 2.10. The second-order valence-corrected chi connectivity index (χ2v) is 8.64. The van der Waals surface area contributed by atoms with Crippen molar-refractivity contribution in [1.29, 1.82) is 0 Å². The van der Waals surface area contributed by atoms with Crippen LogP contribution in [0.1, 0.15) is 89.5 Å². The molecule has 0 spiro atoms. The van der Waals surface area contributed by atoms with Crippen LogP contribution in [0.5, 0.6) is 0 Å². The number of amides is 2. The first-order valence-corrected chi connectivity index (χ1v) is 12.3. The molecule has 1 aliphatic heterocycles. The highest BCUT2D eigenvalue weighted by molar-refractivity contribution is 5.85. The third kappa shape index (κ3) is 11.3. The zero-order chi connectivity index (χ0) is 22.2. The Morgan fingerprint density at radius 1 is 1.10 bits per heavy atom. The lowest BCUT2D eigenvalue weighted by molar-refractivity contribution is -0.733. The molecule has 0 bridgehead atoms. The van der Waals surface area contributed by atoms with Crippen molar-refractivity contribution in [2.45, 2.75) is 97.2 Å². The standard InChI is InChI=1S/C25H41N3O3/c1-2-3-4-5-6-7-8-9-10-11-18-31-22-27-16-12-14-23(20-27)19-26-24(29)21-28-17-13-15-25(28)30/h12,14,16,20H,2-11,13,15,17-19,21-22H2,1H3/p+1. The quantitative estimate of drug-likeness (QED) is 0.298. The fourth-order valence-corrected chi connectivity index (χ4v) is 3.92. The molecule has 174 valence electrons. The molecule has 1 N–H and O–H groups in total. The van der Waals surface area contributed by atoms with E-state index in [1.54, 1.807) is 4.90 Å². The van der Waals surface area contributed by atoms with Crippen LogP contribution in [0, 0.1) is 0 Å². The first kappa shape index (κ1) is 25.3. The summed E-state index contributed by atoms with van der Waals surface area (Å²) in [5, 5.41) is 2.90. The van der Waals surface area contributed by atoms with Gasteiger partial charge in [0.1, 0.15) is 0 Å². The first-order valence-electron chi connectivity index (χ1n) is 12.3. The number of ether oxygens (including phenoxy) is 1. The summed E-state index contributed by atoms with van der Waals surface area (Å²) in [6.07, 6.45) is 18.7. The van der Waals surface area contributed by atoms with Crippen molar-refractivity contribution in [3.05, 3.63) is 30.1 Å². The summed E-state index contributed by atoms with van der Waals surface area (Å²) < 4.78 is 7.81. The molecule has 0 aromatic carbocycles. The number of rotatable bonds is 17. The lowest BCUT2D eigenvalue weighted by Gasteiger charge is -2.14. The number of unbranched alkanes of at least 4 members (excludes halogenated alkanes) is 9. The number of likely N-dealkylation sites (tertiary alicyclic amines) is 1. The minimum Gasteiger partial charge on any atom is -0.350 e. The van der Waals surface area contributed by atoms with Gasteiger partial charge in [0.2, 0.25) is 11.8 Å². The van der Waals surface area contributed by atoms with Crippen LogP contribution in [0.2, 0.25) is 0 Å². The number of nitrogens with one attached hydrogen (secondary N) is 1. The largest absolute Gasteiger partial charge is 0.350 e. The second kappa shape index (κ2) is 15.8. The number of carbonyl (C=O) groups excluding carboxylic acids is 2. The Bertz CT molecular complexity index is 651. The Morgan fingerprint density at radius 3 is 2.48 bits per heavy atom. The van der Waals surface area contributed by atoms with E-state index in [-0.39, 0.29) is 18.4 Å². The average Bonchev–Trinajstić information content (AvgIpc) is 3.17. The summed E-state index contributed by atoms with van der Waals surface area (Å²) in [6, 6.07) is 3.95. The van der Waals surface area contributed by atoms with Gasteiger partial charge in [0, 0.05) is 31.1 Å². The van der Waals surface area contributed by atoms with Gasteiger partial charge in [0.25, 0.3) is 6.73 Å². The van der Waals surface area contributed by atoms with Gasteiger partial charge < -0.3 is 15.0 Å². The van der Waals surface area contributed by atoms with Crippen LogP contribution in [0.25, 0.3) is 0 Å². The van der Waals surface area contributed by atoms with E-state index in [9.17, 15) is 9.59 Å². The lowest BCUT2D eigenvalue weighted by Crippen LogP contribution is -2.38. The highest BCUT2D eigenvalue weighted by Gasteiger charge is 2.22. The third-order valence-electron chi connectivity index (χ3n) is 5.80. The lowest BCUT2D eigenvalue weighted by atomic mass is 10.1. The van der Waals surface area contributed by atoms with Gasteiger partial charge in [-0.3, -0.25) is 9.59 Å². The maximum absolute atomic E-state index is 12.1. The van der Waals surface area contributed by atoms with Crippen LogP contribution in [-0.2, 0) is 27.6 Å². The van der Waals surface area contributed by atoms with Crippen molar-refractivity contribution < 1.29 is 18.9 Å². The minimum absolute atomic E-state index is 0.0762. The van der Waals surface area contributed by atoms with E-state index in [1.165, 1.54) is 57.8 Å². The molecule has 2 rings (SSSR count). The van der Waals surface area contributed by atoms with Crippen molar-refractivity contribution in [2.24, 2.45) is 0 Å². The van der Waals surface area contributed by atoms with Gasteiger partial charge in [-0.1, -0.05) is 64.7 Å². The summed E-state index contributed by atoms with van der Waals surface area (Å²) in [5.74, 6) is -0.0323. The summed E-state index contributed by atoms with van der Waals surface area (Å²) >= 11 is 0. The molecule has 6 nitrogen and oxygen atoms in total. The zero-order valence-electron chi connectivity index (χ0n) is 19.4. The van der Waals surface area contributed by atoms with Crippen LogP contribution in [0.4, 0.5) is 0 Å². The van der Waals surface area contributed by atoms with Gasteiger partial charge in [-0.2, -0.15) is 4.57 Å². The molecule has 1 aromatic rings. The smallest absolute Gasteiger partial charge is 0.252 e. The number of nitrogens with zero attached hydrogens (tertiary/aromatic N) is 2. The van der Waals surface area contributed by atoms with E-state index < -0.39 is 0 Å². The molecule has 2 amide bonds. The van der Waals surface area contributed by atoms with E-state index in [4.69, 9.17) is 4.74 Å². The Morgan fingerprint density at radius 2 is 1.81 bits per heavy atom. The maximum Gasteiger partial charge on any atom is 0.252 e. The third-order valence-corrected chi connectivity index (χ3v) is 5.80. The number of hydrogen-bond donors (Lipinski definition) is 1. The van der Waals surface area contributed by atoms with E-state index in [1.807, 2.05) is 29.1 Å². The number of carbonyl (C=O) groups is 2. The molecule has 6 heteroatoms. The summed E-state index contributed by atoms with van der Waals surface area (Å²) in [6.45, 7) is 4.89. The van der Waals surface area contributed by atoms with Gasteiger partial charge in [0.15, 0.2) is 12.4 Å².